The molecule has 0 saturated heterocycles. The lowest BCUT2D eigenvalue weighted by atomic mass is 10.2. The largest absolute Gasteiger partial charge is 0.382 e. The summed E-state index contributed by atoms with van der Waals surface area (Å²) in [5.74, 6) is 0.857. The van der Waals surface area contributed by atoms with Gasteiger partial charge < -0.3 is 15.4 Å². The van der Waals surface area contributed by atoms with Crippen molar-refractivity contribution in [2.75, 3.05) is 26.3 Å². The second kappa shape index (κ2) is 13.6. The van der Waals surface area contributed by atoms with Gasteiger partial charge in [0.2, 0.25) is 0 Å². The number of hydrogen-bond acceptors (Lipinski definition) is 3. The van der Waals surface area contributed by atoms with Gasteiger partial charge in [0.25, 0.3) is 0 Å². The van der Waals surface area contributed by atoms with Crippen LogP contribution in [0.3, 0.4) is 0 Å². The summed E-state index contributed by atoms with van der Waals surface area (Å²) in [7, 11) is 0. The number of hydrogen-bond donors (Lipinski definition) is 2. The molecule has 1 aromatic carbocycles. The van der Waals surface area contributed by atoms with Gasteiger partial charge >= 0.3 is 0 Å². The fourth-order valence-electron chi connectivity index (χ4n) is 2.37. The molecule has 1 aromatic heterocycles. The van der Waals surface area contributed by atoms with E-state index < -0.39 is 0 Å². The van der Waals surface area contributed by atoms with Crippen LogP contribution in [-0.4, -0.2) is 42.0 Å². The van der Waals surface area contributed by atoms with Crippen LogP contribution < -0.4 is 10.6 Å². The highest BCUT2D eigenvalue weighted by Gasteiger charge is 1.99. The van der Waals surface area contributed by atoms with Gasteiger partial charge in [0, 0.05) is 38.7 Å². The number of nitrogens with zero attached hydrogens (tertiary/aromatic N) is 3. The predicted octanol–water partition coefficient (Wildman–Crippen LogP) is 3.36. The van der Waals surface area contributed by atoms with Crippen LogP contribution in [0.5, 0.6) is 0 Å². The fraction of sp³-hybridized carbons (Fsp3) is 0.474. The molecule has 0 aliphatic carbocycles. The first-order valence-electron chi connectivity index (χ1n) is 9.02. The molecule has 1 heterocycles. The second-order valence-corrected chi connectivity index (χ2v) is 5.64. The Hall–Kier alpha value is -1.61. The van der Waals surface area contributed by atoms with Gasteiger partial charge in [-0.1, -0.05) is 12.1 Å². The molecule has 0 radical (unpaired) electrons. The van der Waals surface area contributed by atoms with Crippen molar-refractivity contribution < 1.29 is 4.74 Å². The Kier molecular flexibility index (Phi) is 11.7. The highest BCUT2D eigenvalue weighted by atomic mass is 127. The van der Waals surface area contributed by atoms with Gasteiger partial charge in [0.1, 0.15) is 0 Å². The predicted molar refractivity (Wildman–Crippen MR) is 118 cm³/mol. The maximum Gasteiger partial charge on any atom is 0.191 e. The molecule has 26 heavy (non-hydrogen) atoms. The van der Waals surface area contributed by atoms with E-state index in [1.165, 1.54) is 5.56 Å². The smallest absolute Gasteiger partial charge is 0.191 e. The molecule has 0 amide bonds. The Balaban J connectivity index is 0.00000338. The van der Waals surface area contributed by atoms with Crippen molar-refractivity contribution in [3.8, 4) is 5.69 Å². The molecule has 7 heteroatoms. The standard InChI is InChI=1S/C19H29N5O.HI/c1-3-20-19(21-12-5-6-15-25-4-2)22-16-17-8-10-18(11-9-17)24-14-7-13-23-24;/h7-11,13-14H,3-6,12,15-16H2,1-2H3,(H2,20,21,22);1H. The van der Waals surface area contributed by atoms with Gasteiger partial charge in [0.05, 0.1) is 12.2 Å². The first-order valence-corrected chi connectivity index (χ1v) is 9.02. The first-order chi connectivity index (χ1) is 12.3. The summed E-state index contributed by atoms with van der Waals surface area (Å²) in [6, 6.07) is 10.2. The summed E-state index contributed by atoms with van der Waals surface area (Å²) in [5, 5.41) is 10.9. The number of nitrogens with one attached hydrogen (secondary N) is 2. The Morgan fingerprint density at radius 2 is 1.96 bits per heavy atom. The maximum absolute atomic E-state index is 5.35. The van der Waals surface area contributed by atoms with E-state index in [1.54, 1.807) is 6.20 Å². The molecule has 0 aliphatic rings. The first kappa shape index (κ1) is 22.4. The molecule has 0 saturated carbocycles. The minimum atomic E-state index is 0. The van der Waals surface area contributed by atoms with Gasteiger partial charge in [-0.05, 0) is 50.5 Å². The van der Waals surface area contributed by atoms with E-state index in [0.29, 0.717) is 6.54 Å². The zero-order valence-corrected chi connectivity index (χ0v) is 18.0. The van der Waals surface area contributed by atoms with Gasteiger partial charge in [-0.15, -0.1) is 24.0 Å². The van der Waals surface area contributed by atoms with Crippen molar-refractivity contribution in [2.24, 2.45) is 4.99 Å². The molecular formula is C19H30IN5O. The molecule has 144 valence electrons. The normalized spacial score (nSPS) is 11.1. The summed E-state index contributed by atoms with van der Waals surface area (Å²) in [5.41, 5.74) is 2.22. The van der Waals surface area contributed by atoms with Crippen molar-refractivity contribution in [3.05, 3.63) is 48.3 Å². The monoisotopic (exact) mass is 471 g/mol. The zero-order chi connectivity index (χ0) is 17.7. The number of guanidine groups is 1. The minimum absolute atomic E-state index is 0. The number of aromatic nitrogens is 2. The molecule has 2 aromatic rings. The van der Waals surface area contributed by atoms with Crippen LogP contribution in [0.25, 0.3) is 5.69 Å². The average molecular weight is 471 g/mol. The highest BCUT2D eigenvalue weighted by Crippen LogP contribution is 2.09. The lowest BCUT2D eigenvalue weighted by Crippen LogP contribution is -2.37. The van der Waals surface area contributed by atoms with Gasteiger partial charge in [-0.3, -0.25) is 0 Å². The van der Waals surface area contributed by atoms with Crippen LogP contribution in [0.2, 0.25) is 0 Å². The third kappa shape index (κ3) is 8.18. The van der Waals surface area contributed by atoms with E-state index >= 15 is 0 Å². The van der Waals surface area contributed by atoms with Crippen molar-refractivity contribution in [1.82, 2.24) is 20.4 Å². The molecule has 2 rings (SSSR count). The van der Waals surface area contributed by atoms with Gasteiger partial charge in [-0.2, -0.15) is 5.10 Å². The number of ether oxygens (including phenoxy) is 1. The van der Waals surface area contributed by atoms with Crippen LogP contribution in [-0.2, 0) is 11.3 Å². The lowest BCUT2D eigenvalue weighted by molar-refractivity contribution is 0.143. The fourth-order valence-corrected chi connectivity index (χ4v) is 2.37. The molecule has 0 spiro atoms. The van der Waals surface area contributed by atoms with E-state index in [0.717, 1.165) is 50.8 Å². The second-order valence-electron chi connectivity index (χ2n) is 5.64. The third-order valence-corrected chi connectivity index (χ3v) is 3.68. The highest BCUT2D eigenvalue weighted by molar-refractivity contribution is 14.0. The molecule has 0 unspecified atom stereocenters. The molecule has 0 fully saturated rings. The van der Waals surface area contributed by atoms with Crippen LogP contribution in [0.1, 0.15) is 32.3 Å². The quantitative estimate of drug-likeness (QED) is 0.242. The lowest BCUT2D eigenvalue weighted by Gasteiger charge is -2.11. The van der Waals surface area contributed by atoms with E-state index in [9.17, 15) is 0 Å². The van der Waals surface area contributed by atoms with E-state index in [2.05, 4.69) is 51.9 Å². The van der Waals surface area contributed by atoms with Crippen molar-refractivity contribution >= 4 is 29.9 Å². The summed E-state index contributed by atoms with van der Waals surface area (Å²) in [6.45, 7) is 8.11. The van der Waals surface area contributed by atoms with Crippen molar-refractivity contribution in [3.63, 3.8) is 0 Å². The van der Waals surface area contributed by atoms with E-state index in [4.69, 9.17) is 4.74 Å². The van der Waals surface area contributed by atoms with Gasteiger partial charge in [0.15, 0.2) is 5.96 Å². The third-order valence-electron chi connectivity index (χ3n) is 3.68. The van der Waals surface area contributed by atoms with Crippen LogP contribution in [0.15, 0.2) is 47.7 Å². The zero-order valence-electron chi connectivity index (χ0n) is 15.6. The molecular weight excluding hydrogens is 441 g/mol. The number of unbranched alkanes of at least 4 members (excludes halogenated alkanes) is 1. The van der Waals surface area contributed by atoms with Gasteiger partial charge in [-0.25, -0.2) is 9.67 Å². The van der Waals surface area contributed by atoms with Crippen molar-refractivity contribution in [1.29, 1.82) is 0 Å². The molecule has 0 bridgehead atoms. The Morgan fingerprint density at radius 3 is 2.62 bits per heavy atom. The van der Waals surface area contributed by atoms with Crippen LogP contribution >= 0.6 is 24.0 Å². The van der Waals surface area contributed by atoms with E-state index in [1.807, 2.05) is 23.9 Å². The molecule has 6 nitrogen and oxygen atoms in total. The SMILES string of the molecule is CCNC(=NCc1ccc(-n2cccn2)cc1)NCCCCOCC.I. The number of rotatable bonds is 10. The Labute approximate surface area is 173 Å². The maximum atomic E-state index is 5.35. The molecule has 0 atom stereocenters. The number of benzene rings is 1. The number of halogens is 1. The number of aliphatic imine (C=N–C) groups is 1. The van der Waals surface area contributed by atoms with Crippen molar-refractivity contribution in [2.45, 2.75) is 33.2 Å². The van der Waals surface area contributed by atoms with E-state index in [-0.39, 0.29) is 24.0 Å². The minimum Gasteiger partial charge on any atom is -0.382 e. The molecule has 2 N–H and O–H groups in total. The summed E-state index contributed by atoms with van der Waals surface area (Å²) in [4.78, 5) is 4.65. The topological polar surface area (TPSA) is 63.5 Å². The van der Waals surface area contributed by atoms with Crippen LogP contribution in [0.4, 0.5) is 0 Å². The summed E-state index contributed by atoms with van der Waals surface area (Å²) in [6.07, 6.45) is 5.85. The Bertz CT molecular complexity index is 613. The molecule has 0 aliphatic heterocycles. The van der Waals surface area contributed by atoms with Crippen LogP contribution in [0, 0.1) is 0 Å². The summed E-state index contributed by atoms with van der Waals surface area (Å²) >= 11 is 0. The Morgan fingerprint density at radius 1 is 1.15 bits per heavy atom. The average Bonchev–Trinajstić information content (AvgIpc) is 3.17. The summed E-state index contributed by atoms with van der Waals surface area (Å²) < 4.78 is 7.20.